The molecule has 0 aliphatic heterocycles. The molecule has 0 spiro atoms. The smallest absolute Gasteiger partial charge is 0.261 e. The second kappa shape index (κ2) is 10.2. The molecular weight excluding hydrogens is 416 g/mol. The summed E-state index contributed by atoms with van der Waals surface area (Å²) in [7, 11) is -1.03. The zero-order chi connectivity index (χ0) is 23.2. The number of carbonyl (C=O) groups excluding carboxylic acids is 1. The van der Waals surface area contributed by atoms with E-state index in [9.17, 15) is 4.79 Å². The first-order chi connectivity index (χ1) is 15.3. The van der Waals surface area contributed by atoms with Crippen molar-refractivity contribution in [3.63, 3.8) is 0 Å². The molecule has 3 rings (SSSR count). The van der Waals surface area contributed by atoms with Crippen LogP contribution in [0.5, 0.6) is 11.5 Å². The zero-order valence-electron chi connectivity index (χ0n) is 19.6. The third-order valence-electron chi connectivity index (χ3n) is 5.64. The maximum absolute atomic E-state index is 11.7. The van der Waals surface area contributed by atoms with Crippen LogP contribution in [0.1, 0.15) is 38.1 Å². The van der Waals surface area contributed by atoms with E-state index in [4.69, 9.17) is 13.9 Å². The third-order valence-corrected chi connectivity index (χ3v) is 10.7. The van der Waals surface area contributed by atoms with Crippen LogP contribution in [0, 0.1) is 0 Å². The minimum absolute atomic E-state index is 0.0385. The predicted molar refractivity (Wildman–Crippen MR) is 132 cm³/mol. The summed E-state index contributed by atoms with van der Waals surface area (Å²) in [4.78, 5) is 11.7. The molecule has 0 fully saturated rings. The summed E-state index contributed by atoms with van der Waals surface area (Å²) in [5, 5.41) is 2.40. The minimum atomic E-state index is -2.58. The van der Waals surface area contributed by atoms with Gasteiger partial charge in [0.2, 0.25) is 0 Å². The van der Waals surface area contributed by atoms with Crippen molar-refractivity contribution in [2.45, 2.75) is 32.7 Å². The summed E-state index contributed by atoms with van der Waals surface area (Å²) in [6, 6.07) is 26.4. The fraction of sp³-hybridized carbons (Fsp3) is 0.296. The van der Waals surface area contributed by atoms with Gasteiger partial charge in [-0.1, -0.05) is 81.4 Å². The second-order valence-electron chi connectivity index (χ2n) is 8.78. The van der Waals surface area contributed by atoms with Gasteiger partial charge in [0.05, 0.1) is 19.3 Å². The molecule has 0 unspecified atom stereocenters. The summed E-state index contributed by atoms with van der Waals surface area (Å²) >= 11 is 0. The Balaban J connectivity index is 1.84. The maximum Gasteiger partial charge on any atom is 0.261 e. The van der Waals surface area contributed by atoms with Crippen molar-refractivity contribution in [2.24, 2.45) is 0 Å². The predicted octanol–water partition coefficient (Wildman–Crippen LogP) is 4.85. The first-order valence-electron chi connectivity index (χ1n) is 10.9. The number of carbonyl (C=O) groups is 1. The van der Waals surface area contributed by atoms with Crippen molar-refractivity contribution < 1.29 is 18.7 Å². The van der Waals surface area contributed by atoms with Crippen molar-refractivity contribution in [1.82, 2.24) is 0 Å². The molecule has 168 valence electrons. The van der Waals surface area contributed by atoms with Crippen LogP contribution in [-0.2, 0) is 4.43 Å². The summed E-state index contributed by atoms with van der Waals surface area (Å²) < 4.78 is 18.1. The number of benzene rings is 3. The van der Waals surface area contributed by atoms with Gasteiger partial charge in [0.15, 0.2) is 5.78 Å². The van der Waals surface area contributed by atoms with Crippen LogP contribution in [-0.4, -0.2) is 34.4 Å². The Morgan fingerprint density at radius 2 is 1.41 bits per heavy atom. The molecule has 3 aromatic carbocycles. The summed E-state index contributed by atoms with van der Waals surface area (Å²) in [6.07, 6.45) is 0. The van der Waals surface area contributed by atoms with Crippen LogP contribution in [0.3, 0.4) is 0 Å². The molecule has 0 aliphatic rings. The van der Waals surface area contributed by atoms with Gasteiger partial charge in [-0.15, -0.1) is 0 Å². The Kier molecular flexibility index (Phi) is 7.54. The highest BCUT2D eigenvalue weighted by molar-refractivity contribution is 6.99. The summed E-state index contributed by atoms with van der Waals surface area (Å²) in [5.74, 6) is 1.13. The highest BCUT2D eigenvalue weighted by Gasteiger charge is 2.50. The number of ketones is 1. The van der Waals surface area contributed by atoms with E-state index in [0.717, 1.165) is 0 Å². The average Bonchev–Trinajstić information content (AvgIpc) is 2.79. The van der Waals surface area contributed by atoms with Gasteiger partial charge in [-0.25, -0.2) is 0 Å². The first kappa shape index (κ1) is 23.8. The Bertz CT molecular complexity index is 987. The highest BCUT2D eigenvalue weighted by Crippen LogP contribution is 2.36. The molecular formula is C27H32O4Si. The van der Waals surface area contributed by atoms with Crippen LogP contribution in [0.4, 0.5) is 0 Å². The minimum Gasteiger partial charge on any atom is -0.496 e. The molecule has 3 aromatic rings. The van der Waals surface area contributed by atoms with E-state index in [0.29, 0.717) is 30.3 Å². The molecule has 0 radical (unpaired) electrons. The molecule has 0 aromatic heterocycles. The van der Waals surface area contributed by atoms with E-state index in [2.05, 4.69) is 69.3 Å². The van der Waals surface area contributed by atoms with Gasteiger partial charge in [0.25, 0.3) is 8.32 Å². The van der Waals surface area contributed by atoms with Gasteiger partial charge in [-0.3, -0.25) is 4.79 Å². The summed E-state index contributed by atoms with van der Waals surface area (Å²) in [6.45, 7) is 9.13. The van der Waals surface area contributed by atoms with E-state index >= 15 is 0 Å². The lowest BCUT2D eigenvalue weighted by atomic mass is 10.1. The van der Waals surface area contributed by atoms with Crippen molar-refractivity contribution in [1.29, 1.82) is 0 Å². The van der Waals surface area contributed by atoms with Gasteiger partial charge < -0.3 is 13.9 Å². The molecule has 5 heteroatoms. The van der Waals surface area contributed by atoms with Gasteiger partial charge >= 0.3 is 0 Å². The second-order valence-corrected chi connectivity index (χ2v) is 13.1. The van der Waals surface area contributed by atoms with Crippen LogP contribution >= 0.6 is 0 Å². The third kappa shape index (κ3) is 4.95. The Morgan fingerprint density at radius 1 is 0.844 bits per heavy atom. The Hall–Kier alpha value is -2.89. The maximum atomic E-state index is 11.7. The van der Waals surface area contributed by atoms with Gasteiger partial charge in [0.1, 0.15) is 18.1 Å². The lowest BCUT2D eigenvalue weighted by Crippen LogP contribution is -2.66. The van der Waals surface area contributed by atoms with Gasteiger partial charge in [0, 0.05) is 6.07 Å². The molecule has 0 heterocycles. The average molecular weight is 449 g/mol. The number of methoxy groups -OCH3 is 1. The van der Waals surface area contributed by atoms with E-state index in [1.165, 1.54) is 17.3 Å². The van der Waals surface area contributed by atoms with Crippen LogP contribution in [0.2, 0.25) is 5.04 Å². The van der Waals surface area contributed by atoms with Crippen molar-refractivity contribution in [3.8, 4) is 11.5 Å². The van der Waals surface area contributed by atoms with E-state index in [1.54, 1.807) is 25.3 Å². The van der Waals surface area contributed by atoms with E-state index in [1.807, 2.05) is 12.1 Å². The molecule has 0 bridgehead atoms. The zero-order valence-corrected chi connectivity index (χ0v) is 20.6. The fourth-order valence-electron chi connectivity index (χ4n) is 4.17. The number of hydrogen-bond donors (Lipinski definition) is 0. The Morgan fingerprint density at radius 3 is 1.88 bits per heavy atom. The van der Waals surface area contributed by atoms with Gasteiger partial charge in [-0.2, -0.15) is 0 Å². The van der Waals surface area contributed by atoms with E-state index < -0.39 is 8.32 Å². The fourth-order valence-corrected chi connectivity index (χ4v) is 8.71. The molecule has 0 atom stereocenters. The molecule has 32 heavy (non-hydrogen) atoms. The Labute approximate surface area is 192 Å². The summed E-state index contributed by atoms with van der Waals surface area (Å²) in [5.41, 5.74) is 0.545. The number of Topliss-reactive ketones (excluding diaryl/α,β-unsaturated/α-hetero) is 1. The SMILES string of the molecule is COc1cc(OCCO[Si](c2ccccc2)(c2ccccc2)C(C)(C)C)ccc1C(C)=O. The number of hydrogen-bond acceptors (Lipinski definition) is 4. The molecule has 4 nitrogen and oxygen atoms in total. The molecule has 0 saturated carbocycles. The lowest BCUT2D eigenvalue weighted by molar-refractivity contribution is 0.101. The molecule has 0 saturated heterocycles. The highest BCUT2D eigenvalue weighted by atomic mass is 28.4. The van der Waals surface area contributed by atoms with Crippen LogP contribution in [0.25, 0.3) is 0 Å². The topological polar surface area (TPSA) is 44.8 Å². The molecule has 0 aliphatic carbocycles. The van der Waals surface area contributed by atoms with Crippen LogP contribution < -0.4 is 19.8 Å². The molecule has 0 N–H and O–H groups in total. The largest absolute Gasteiger partial charge is 0.496 e. The number of rotatable bonds is 9. The van der Waals surface area contributed by atoms with Crippen LogP contribution in [0.15, 0.2) is 78.9 Å². The quantitative estimate of drug-likeness (QED) is 0.267. The normalized spacial score (nSPS) is 11.8. The monoisotopic (exact) mass is 448 g/mol. The first-order valence-corrected chi connectivity index (χ1v) is 12.8. The van der Waals surface area contributed by atoms with Gasteiger partial charge in [-0.05, 0) is 34.5 Å². The lowest BCUT2D eigenvalue weighted by Gasteiger charge is -2.43. The number of ether oxygens (including phenoxy) is 2. The molecule has 0 amide bonds. The van der Waals surface area contributed by atoms with Crippen molar-refractivity contribution in [3.05, 3.63) is 84.4 Å². The standard InChI is InChI=1S/C27H32O4Si/c1-21(28)25-17-16-22(20-26(25)29-5)30-18-19-31-32(27(2,3)4,23-12-8-6-9-13-23)24-14-10-7-11-15-24/h6-17,20H,18-19H2,1-5H3. The van der Waals surface area contributed by atoms with Crippen molar-refractivity contribution in [2.75, 3.05) is 20.3 Å². The van der Waals surface area contributed by atoms with Crippen molar-refractivity contribution >= 4 is 24.5 Å². The van der Waals surface area contributed by atoms with E-state index in [-0.39, 0.29) is 10.8 Å².